The zero-order chi connectivity index (χ0) is 12.3. The molecule has 0 aliphatic rings. The normalized spacial score (nSPS) is 14.0. The number of hydrogen-bond acceptors (Lipinski definition) is 2. The van der Waals surface area contributed by atoms with Crippen LogP contribution in [0.3, 0.4) is 0 Å². The summed E-state index contributed by atoms with van der Waals surface area (Å²) in [6, 6.07) is 17.1. The van der Waals surface area contributed by atoms with Gasteiger partial charge in [-0.05, 0) is 36.8 Å². The molecular weight excluding hydrogens is 230 g/mol. The minimum atomic E-state index is -2.36. The lowest BCUT2D eigenvalue weighted by Gasteiger charge is -2.04. The third-order valence-corrected chi connectivity index (χ3v) is 4.17. The molecule has 2 aromatic rings. The molecule has 0 bridgehead atoms. The third kappa shape index (κ3) is 2.94. The van der Waals surface area contributed by atoms with Crippen LogP contribution in [0.15, 0.2) is 63.9 Å². The van der Waals surface area contributed by atoms with Crippen LogP contribution in [-0.4, -0.2) is 10.5 Å². The molecule has 3 heteroatoms. The van der Waals surface area contributed by atoms with Crippen LogP contribution < -0.4 is 0 Å². The Morgan fingerprint density at radius 2 is 1.71 bits per heavy atom. The van der Waals surface area contributed by atoms with Crippen LogP contribution in [-0.2, 0) is 9.73 Å². The lowest BCUT2D eigenvalue weighted by Crippen LogP contribution is -1.96. The van der Waals surface area contributed by atoms with E-state index in [9.17, 15) is 4.21 Å². The smallest absolute Gasteiger partial charge is 0.0771 e. The lowest BCUT2D eigenvalue weighted by molar-refractivity contribution is 0.681. The molecule has 2 aromatic carbocycles. The van der Waals surface area contributed by atoms with Gasteiger partial charge in [0.2, 0.25) is 0 Å². The lowest BCUT2D eigenvalue weighted by atomic mass is 10.2. The van der Waals surface area contributed by atoms with Gasteiger partial charge in [-0.1, -0.05) is 30.3 Å². The molecule has 0 aliphatic carbocycles. The first kappa shape index (κ1) is 11.9. The Balaban J connectivity index is 2.49. The van der Waals surface area contributed by atoms with Gasteiger partial charge in [0.05, 0.1) is 15.4 Å². The molecule has 0 fully saturated rings. The predicted octanol–water partition coefficient (Wildman–Crippen LogP) is 3.78. The zero-order valence-electron chi connectivity index (χ0n) is 9.96. The van der Waals surface area contributed by atoms with Gasteiger partial charge in [-0.2, -0.15) is 4.36 Å². The van der Waals surface area contributed by atoms with Crippen molar-refractivity contribution < 1.29 is 4.21 Å². The van der Waals surface area contributed by atoms with Crippen LogP contribution in [0.5, 0.6) is 0 Å². The number of nitrogens with zero attached hydrogens (tertiary/aromatic N) is 1. The maximum absolute atomic E-state index is 12.5. The third-order valence-electron chi connectivity index (χ3n) is 2.46. The van der Waals surface area contributed by atoms with Crippen LogP contribution in [0.25, 0.3) is 0 Å². The van der Waals surface area contributed by atoms with E-state index < -0.39 is 9.73 Å². The molecule has 88 valence electrons. The summed E-state index contributed by atoms with van der Waals surface area (Å²) in [7, 11) is -2.36. The van der Waals surface area contributed by atoms with E-state index in [4.69, 9.17) is 0 Å². The Kier molecular flexibility index (Phi) is 3.29. The SMILES string of the molecule is Cc1cccc(N=[S@@](C)(=O)c2ccccc2)c1. The van der Waals surface area contributed by atoms with E-state index >= 15 is 0 Å². The van der Waals surface area contributed by atoms with Gasteiger partial charge in [0.1, 0.15) is 0 Å². The number of aryl methyl sites for hydroxylation is 1. The van der Waals surface area contributed by atoms with Crippen molar-refractivity contribution in [2.45, 2.75) is 11.8 Å². The highest BCUT2D eigenvalue weighted by Gasteiger charge is 2.04. The molecule has 2 rings (SSSR count). The van der Waals surface area contributed by atoms with Gasteiger partial charge in [0.25, 0.3) is 0 Å². The van der Waals surface area contributed by atoms with Crippen molar-refractivity contribution >= 4 is 15.4 Å². The van der Waals surface area contributed by atoms with Crippen LogP contribution in [0.4, 0.5) is 5.69 Å². The molecular formula is C14H15NOS. The van der Waals surface area contributed by atoms with Crippen LogP contribution in [0.1, 0.15) is 5.56 Å². The summed E-state index contributed by atoms with van der Waals surface area (Å²) in [5.74, 6) is 0. The summed E-state index contributed by atoms with van der Waals surface area (Å²) in [4.78, 5) is 0.765. The fourth-order valence-corrected chi connectivity index (χ4v) is 2.89. The van der Waals surface area contributed by atoms with Gasteiger partial charge in [0.15, 0.2) is 0 Å². The fraction of sp³-hybridized carbons (Fsp3) is 0.143. The molecule has 0 aliphatic heterocycles. The summed E-state index contributed by atoms with van der Waals surface area (Å²) in [6.07, 6.45) is 1.67. The molecule has 0 heterocycles. The first-order valence-corrected chi connectivity index (χ1v) is 7.34. The summed E-state index contributed by atoms with van der Waals surface area (Å²) in [5.41, 5.74) is 1.89. The van der Waals surface area contributed by atoms with Crippen molar-refractivity contribution in [1.82, 2.24) is 0 Å². The number of hydrogen-bond donors (Lipinski definition) is 0. The Labute approximate surface area is 102 Å². The molecule has 17 heavy (non-hydrogen) atoms. The standard InChI is InChI=1S/C14H15NOS/c1-12-7-6-8-13(11-12)15-17(2,16)14-9-4-3-5-10-14/h3-11H,1-2H3/t17-/m0/s1. The van der Waals surface area contributed by atoms with Crippen molar-refractivity contribution in [1.29, 1.82) is 0 Å². The van der Waals surface area contributed by atoms with Gasteiger partial charge in [-0.3, -0.25) is 0 Å². The van der Waals surface area contributed by atoms with Gasteiger partial charge in [-0.15, -0.1) is 0 Å². The Bertz CT molecular complexity index is 626. The average molecular weight is 245 g/mol. The molecule has 0 amide bonds. The summed E-state index contributed by atoms with van der Waals surface area (Å²) in [6.45, 7) is 2.00. The minimum Gasteiger partial charge on any atom is -0.245 e. The summed E-state index contributed by atoms with van der Waals surface area (Å²) < 4.78 is 16.9. The second-order valence-electron chi connectivity index (χ2n) is 4.05. The first-order valence-electron chi connectivity index (χ1n) is 5.42. The Hall–Kier alpha value is -1.61. The molecule has 1 atom stereocenters. The summed E-state index contributed by atoms with van der Waals surface area (Å²) >= 11 is 0. The molecule has 0 aromatic heterocycles. The average Bonchev–Trinajstić information content (AvgIpc) is 2.29. The van der Waals surface area contributed by atoms with E-state index in [1.165, 1.54) is 0 Å². The van der Waals surface area contributed by atoms with Crippen molar-refractivity contribution in [3.8, 4) is 0 Å². The maximum Gasteiger partial charge on any atom is 0.0771 e. The maximum atomic E-state index is 12.5. The van der Waals surface area contributed by atoms with Gasteiger partial charge >= 0.3 is 0 Å². The van der Waals surface area contributed by atoms with Crippen molar-refractivity contribution in [3.05, 3.63) is 60.2 Å². The molecule has 0 N–H and O–H groups in total. The van der Waals surface area contributed by atoms with Gasteiger partial charge < -0.3 is 0 Å². The van der Waals surface area contributed by atoms with Crippen molar-refractivity contribution in [2.24, 2.45) is 4.36 Å². The van der Waals surface area contributed by atoms with Crippen LogP contribution in [0.2, 0.25) is 0 Å². The fourth-order valence-electron chi connectivity index (χ4n) is 1.61. The summed E-state index contributed by atoms with van der Waals surface area (Å²) in [5, 5.41) is 0. The Morgan fingerprint density at radius 1 is 1.00 bits per heavy atom. The van der Waals surface area contributed by atoms with Gasteiger partial charge in [-0.25, -0.2) is 4.21 Å². The van der Waals surface area contributed by atoms with E-state index in [2.05, 4.69) is 4.36 Å². The second kappa shape index (κ2) is 4.72. The monoisotopic (exact) mass is 245 g/mol. The van der Waals surface area contributed by atoms with Crippen LogP contribution >= 0.6 is 0 Å². The second-order valence-corrected chi connectivity index (χ2v) is 6.30. The van der Waals surface area contributed by atoms with E-state index in [0.717, 1.165) is 16.1 Å². The highest BCUT2D eigenvalue weighted by Crippen LogP contribution is 2.20. The first-order chi connectivity index (χ1) is 8.08. The zero-order valence-corrected chi connectivity index (χ0v) is 10.8. The highest BCUT2D eigenvalue weighted by atomic mass is 32.2. The van der Waals surface area contributed by atoms with Gasteiger partial charge in [0, 0.05) is 11.2 Å². The van der Waals surface area contributed by atoms with E-state index in [1.807, 2.05) is 61.5 Å². The van der Waals surface area contributed by atoms with E-state index in [0.29, 0.717) is 0 Å². The molecule has 0 saturated heterocycles. The highest BCUT2D eigenvalue weighted by molar-refractivity contribution is 7.93. The molecule has 0 spiro atoms. The van der Waals surface area contributed by atoms with E-state index in [-0.39, 0.29) is 0 Å². The minimum absolute atomic E-state index is 0.765. The molecule has 0 saturated carbocycles. The van der Waals surface area contributed by atoms with Crippen LogP contribution in [0, 0.1) is 6.92 Å². The topological polar surface area (TPSA) is 29.4 Å². The Morgan fingerprint density at radius 3 is 2.35 bits per heavy atom. The van der Waals surface area contributed by atoms with Crippen molar-refractivity contribution in [2.75, 3.05) is 6.26 Å². The van der Waals surface area contributed by atoms with Crippen molar-refractivity contribution in [3.63, 3.8) is 0 Å². The van der Waals surface area contributed by atoms with E-state index in [1.54, 1.807) is 6.26 Å². The predicted molar refractivity (Wildman–Crippen MR) is 72.0 cm³/mol. The largest absolute Gasteiger partial charge is 0.245 e. The number of rotatable bonds is 2. The molecule has 0 radical (unpaired) electrons. The molecule has 0 unspecified atom stereocenters. The molecule has 2 nitrogen and oxygen atoms in total. The quantitative estimate of drug-likeness (QED) is 0.791. The number of benzene rings is 2.